The molecule has 134 valence electrons. The molecule has 0 unspecified atom stereocenters. The van der Waals surface area contributed by atoms with Gasteiger partial charge in [0.15, 0.2) is 0 Å². The second-order valence-electron chi connectivity index (χ2n) is 5.52. The molecular formula is C18H13F3IN3O. The van der Waals surface area contributed by atoms with Gasteiger partial charge in [-0.2, -0.15) is 13.2 Å². The van der Waals surface area contributed by atoms with Gasteiger partial charge in [0, 0.05) is 33.8 Å². The molecule has 0 fully saturated rings. The maximum atomic E-state index is 13.2. The van der Waals surface area contributed by atoms with Gasteiger partial charge in [0.05, 0.1) is 11.9 Å². The summed E-state index contributed by atoms with van der Waals surface area (Å²) in [4.78, 5) is 16.3. The van der Waals surface area contributed by atoms with Gasteiger partial charge < -0.3 is 9.88 Å². The van der Waals surface area contributed by atoms with Crippen LogP contribution in [0, 0.1) is 0 Å². The normalized spacial score (nSPS) is 11.4. The van der Waals surface area contributed by atoms with E-state index in [4.69, 9.17) is 0 Å². The summed E-state index contributed by atoms with van der Waals surface area (Å²) in [5.74, 6) is -0.465. The lowest BCUT2D eigenvalue weighted by Crippen LogP contribution is -2.14. The molecule has 1 amide bonds. The Bertz CT molecular complexity index is 924. The third-order valence-electron chi connectivity index (χ3n) is 3.65. The fraction of sp³-hybridized carbons (Fsp3) is 0.111. The molecule has 26 heavy (non-hydrogen) atoms. The van der Waals surface area contributed by atoms with Gasteiger partial charge in [0.2, 0.25) is 0 Å². The van der Waals surface area contributed by atoms with E-state index in [9.17, 15) is 18.0 Å². The molecule has 0 aliphatic heterocycles. The fourth-order valence-corrected chi connectivity index (χ4v) is 2.88. The molecule has 8 heteroatoms. The van der Waals surface area contributed by atoms with E-state index in [0.29, 0.717) is 5.56 Å². The minimum atomic E-state index is -4.53. The van der Waals surface area contributed by atoms with Crippen LogP contribution < -0.4 is 5.32 Å². The number of carbonyl (C=O) groups excluding carboxylic acids is 1. The molecule has 0 saturated heterocycles. The van der Waals surface area contributed by atoms with Crippen molar-refractivity contribution in [2.75, 3.05) is 5.32 Å². The maximum absolute atomic E-state index is 13.2. The summed E-state index contributed by atoms with van der Waals surface area (Å²) in [6, 6.07) is 10.4. The number of nitrogens with zero attached hydrogens (tertiary/aromatic N) is 2. The standard InChI is InChI=1S/C18H13F3IN3O/c19-18(20,21)14-7-15(9-16(8-14)25-5-4-23-11-25)24-17(26)13-3-1-2-12(6-13)10-22/h1-9,11H,10H2,(H,24,26). The van der Waals surface area contributed by atoms with Gasteiger partial charge in [-0.05, 0) is 35.9 Å². The third kappa shape index (κ3) is 4.24. The molecule has 1 N–H and O–H groups in total. The molecule has 1 aromatic heterocycles. The van der Waals surface area contributed by atoms with E-state index in [0.717, 1.165) is 22.1 Å². The highest BCUT2D eigenvalue weighted by atomic mass is 127. The maximum Gasteiger partial charge on any atom is 0.416 e. The lowest BCUT2D eigenvalue weighted by atomic mass is 10.1. The zero-order valence-electron chi connectivity index (χ0n) is 13.3. The average molecular weight is 471 g/mol. The molecule has 0 atom stereocenters. The van der Waals surface area contributed by atoms with E-state index in [2.05, 4.69) is 32.9 Å². The van der Waals surface area contributed by atoms with Crippen LogP contribution in [-0.4, -0.2) is 15.5 Å². The summed E-state index contributed by atoms with van der Waals surface area (Å²) < 4.78 is 41.8. The number of hydrogen-bond acceptors (Lipinski definition) is 2. The first-order valence-electron chi connectivity index (χ1n) is 7.54. The van der Waals surface area contributed by atoms with Crippen LogP contribution in [0.4, 0.5) is 18.9 Å². The van der Waals surface area contributed by atoms with E-state index in [-0.39, 0.29) is 11.4 Å². The van der Waals surface area contributed by atoms with E-state index >= 15 is 0 Å². The predicted octanol–water partition coefficient (Wildman–Crippen LogP) is 5.08. The van der Waals surface area contributed by atoms with Gasteiger partial charge in [-0.25, -0.2) is 4.98 Å². The molecular weight excluding hydrogens is 458 g/mol. The number of hydrogen-bond donors (Lipinski definition) is 1. The zero-order chi connectivity index (χ0) is 18.7. The number of imidazole rings is 1. The van der Waals surface area contributed by atoms with Gasteiger partial charge in [-0.3, -0.25) is 4.79 Å². The Balaban J connectivity index is 1.96. The van der Waals surface area contributed by atoms with Gasteiger partial charge in [0.25, 0.3) is 5.91 Å². The minimum absolute atomic E-state index is 0.0633. The number of anilines is 1. The topological polar surface area (TPSA) is 46.9 Å². The Hall–Kier alpha value is -2.36. The highest BCUT2D eigenvalue weighted by molar-refractivity contribution is 14.1. The van der Waals surface area contributed by atoms with Crippen LogP contribution in [0.1, 0.15) is 21.5 Å². The minimum Gasteiger partial charge on any atom is -0.322 e. The van der Waals surface area contributed by atoms with Crippen LogP contribution in [0.15, 0.2) is 61.2 Å². The Labute approximate surface area is 161 Å². The summed E-state index contributed by atoms with van der Waals surface area (Å²) in [6.45, 7) is 0. The predicted molar refractivity (Wildman–Crippen MR) is 101 cm³/mol. The largest absolute Gasteiger partial charge is 0.416 e. The monoisotopic (exact) mass is 471 g/mol. The van der Waals surface area contributed by atoms with Crippen molar-refractivity contribution in [3.8, 4) is 5.69 Å². The SMILES string of the molecule is O=C(Nc1cc(-n2ccnc2)cc(C(F)(F)F)c1)c1cccc(CI)c1. The summed E-state index contributed by atoms with van der Waals surface area (Å²) >= 11 is 2.17. The second-order valence-corrected chi connectivity index (χ2v) is 6.29. The van der Waals surface area contributed by atoms with E-state index in [1.165, 1.54) is 29.4 Å². The van der Waals surface area contributed by atoms with Gasteiger partial charge in [-0.1, -0.05) is 34.7 Å². The Morgan fingerprint density at radius 2 is 2.00 bits per heavy atom. The van der Waals surface area contributed by atoms with Crippen molar-refractivity contribution in [1.82, 2.24) is 9.55 Å². The molecule has 0 aliphatic rings. The number of carbonyl (C=O) groups is 1. The number of alkyl halides is 4. The van der Waals surface area contributed by atoms with Gasteiger partial charge in [-0.15, -0.1) is 0 Å². The highest BCUT2D eigenvalue weighted by Gasteiger charge is 2.31. The summed E-state index contributed by atoms with van der Waals surface area (Å²) in [6.07, 6.45) is -0.138. The van der Waals surface area contributed by atoms with Crippen molar-refractivity contribution >= 4 is 34.2 Å². The van der Waals surface area contributed by atoms with Crippen molar-refractivity contribution in [2.45, 2.75) is 10.6 Å². The summed E-state index contributed by atoms with van der Waals surface area (Å²) in [5.41, 5.74) is 0.823. The lowest BCUT2D eigenvalue weighted by molar-refractivity contribution is -0.137. The van der Waals surface area contributed by atoms with Crippen molar-refractivity contribution in [2.24, 2.45) is 0 Å². The second kappa shape index (κ2) is 7.48. The molecule has 0 radical (unpaired) electrons. The molecule has 3 aromatic rings. The van der Waals surface area contributed by atoms with Crippen LogP contribution in [0.5, 0.6) is 0 Å². The Kier molecular flexibility index (Phi) is 5.30. The van der Waals surface area contributed by atoms with Crippen LogP contribution in [0.3, 0.4) is 0 Å². The van der Waals surface area contributed by atoms with Crippen molar-refractivity contribution in [3.05, 3.63) is 77.9 Å². The van der Waals surface area contributed by atoms with Gasteiger partial charge in [0.1, 0.15) is 0 Å². The van der Waals surface area contributed by atoms with E-state index in [1.807, 2.05) is 6.07 Å². The average Bonchev–Trinajstić information content (AvgIpc) is 3.15. The first kappa shape index (κ1) is 18.4. The van der Waals surface area contributed by atoms with Crippen molar-refractivity contribution in [1.29, 1.82) is 0 Å². The summed E-state index contributed by atoms with van der Waals surface area (Å²) in [7, 11) is 0. The molecule has 0 aliphatic carbocycles. The van der Waals surface area contributed by atoms with Crippen LogP contribution >= 0.6 is 22.6 Å². The molecule has 4 nitrogen and oxygen atoms in total. The Morgan fingerprint density at radius 1 is 1.19 bits per heavy atom. The zero-order valence-corrected chi connectivity index (χ0v) is 15.5. The molecule has 0 spiro atoms. The summed E-state index contributed by atoms with van der Waals surface area (Å²) in [5, 5.41) is 2.55. The number of nitrogens with one attached hydrogen (secondary N) is 1. The number of rotatable bonds is 4. The first-order valence-corrected chi connectivity index (χ1v) is 9.06. The quantitative estimate of drug-likeness (QED) is 0.427. The first-order chi connectivity index (χ1) is 12.4. The molecule has 1 heterocycles. The Morgan fingerprint density at radius 3 is 2.65 bits per heavy atom. The third-order valence-corrected chi connectivity index (χ3v) is 4.53. The molecule has 0 saturated carbocycles. The van der Waals surface area contributed by atoms with E-state index in [1.54, 1.807) is 18.2 Å². The van der Waals surface area contributed by atoms with Gasteiger partial charge >= 0.3 is 6.18 Å². The number of amides is 1. The van der Waals surface area contributed by atoms with Crippen molar-refractivity contribution < 1.29 is 18.0 Å². The van der Waals surface area contributed by atoms with Crippen LogP contribution in [0.2, 0.25) is 0 Å². The number of benzene rings is 2. The molecule has 3 rings (SSSR count). The van der Waals surface area contributed by atoms with Crippen LogP contribution in [-0.2, 0) is 10.6 Å². The van der Waals surface area contributed by atoms with E-state index < -0.39 is 17.6 Å². The number of aromatic nitrogens is 2. The van der Waals surface area contributed by atoms with Crippen LogP contribution in [0.25, 0.3) is 5.69 Å². The molecule has 2 aromatic carbocycles. The highest BCUT2D eigenvalue weighted by Crippen LogP contribution is 2.33. The fourth-order valence-electron chi connectivity index (χ4n) is 2.41. The number of halogens is 4. The lowest BCUT2D eigenvalue weighted by Gasteiger charge is -2.14. The van der Waals surface area contributed by atoms with Crippen molar-refractivity contribution in [3.63, 3.8) is 0 Å². The smallest absolute Gasteiger partial charge is 0.322 e. The molecule has 0 bridgehead atoms.